The van der Waals surface area contributed by atoms with Gasteiger partial charge in [0, 0.05) is 19.6 Å². The molecule has 5 nitrogen and oxygen atoms in total. The first kappa shape index (κ1) is 13.4. The van der Waals surface area contributed by atoms with Crippen LogP contribution in [0.15, 0.2) is 0 Å². The summed E-state index contributed by atoms with van der Waals surface area (Å²) in [7, 11) is 6.04. The van der Waals surface area contributed by atoms with Crippen molar-refractivity contribution in [2.75, 3.05) is 54.0 Å². The standard InChI is InChI=1S/C9H20N2O3/c1-10(2)4-5-11(3)6-7-14-8-9(12)13/h4-8H2,1-3H3,(H,12,13). The number of ether oxygens (including phenoxy) is 1. The summed E-state index contributed by atoms with van der Waals surface area (Å²) in [6.07, 6.45) is 0. The molecule has 0 radical (unpaired) electrons. The van der Waals surface area contributed by atoms with Gasteiger partial charge < -0.3 is 19.6 Å². The lowest BCUT2D eigenvalue weighted by Crippen LogP contribution is -2.31. The quantitative estimate of drug-likeness (QED) is 0.544. The summed E-state index contributed by atoms with van der Waals surface area (Å²) >= 11 is 0. The van der Waals surface area contributed by atoms with Crippen molar-refractivity contribution in [3.8, 4) is 0 Å². The lowest BCUT2D eigenvalue weighted by atomic mass is 10.5. The number of nitrogens with zero attached hydrogens (tertiary/aromatic N) is 2. The van der Waals surface area contributed by atoms with Gasteiger partial charge >= 0.3 is 5.97 Å². The molecule has 0 spiro atoms. The molecule has 0 aliphatic rings. The topological polar surface area (TPSA) is 53.0 Å². The van der Waals surface area contributed by atoms with Gasteiger partial charge in [0.15, 0.2) is 0 Å². The molecule has 0 saturated carbocycles. The van der Waals surface area contributed by atoms with E-state index in [9.17, 15) is 4.79 Å². The zero-order chi connectivity index (χ0) is 11.0. The molecule has 0 unspecified atom stereocenters. The minimum Gasteiger partial charge on any atom is -0.480 e. The molecular formula is C9H20N2O3. The molecule has 0 fully saturated rings. The second-order valence-corrected chi connectivity index (χ2v) is 3.55. The summed E-state index contributed by atoms with van der Waals surface area (Å²) in [6.45, 7) is 2.98. The molecule has 0 bridgehead atoms. The Balaban J connectivity index is 3.26. The molecule has 0 aromatic carbocycles. The number of aliphatic carboxylic acids is 1. The number of hydrogen-bond acceptors (Lipinski definition) is 4. The second-order valence-electron chi connectivity index (χ2n) is 3.55. The molecule has 0 atom stereocenters. The zero-order valence-electron chi connectivity index (χ0n) is 9.19. The summed E-state index contributed by atoms with van der Waals surface area (Å²) in [6, 6.07) is 0. The normalized spacial score (nSPS) is 11.2. The predicted molar refractivity (Wildman–Crippen MR) is 54.5 cm³/mol. The van der Waals surface area contributed by atoms with Crippen molar-refractivity contribution in [2.24, 2.45) is 0 Å². The Morgan fingerprint density at radius 3 is 2.36 bits per heavy atom. The number of carbonyl (C=O) groups is 1. The molecule has 0 aliphatic heterocycles. The van der Waals surface area contributed by atoms with Crippen molar-refractivity contribution in [2.45, 2.75) is 0 Å². The van der Waals surface area contributed by atoms with Gasteiger partial charge in [0.2, 0.25) is 0 Å². The molecule has 0 aliphatic carbocycles. The maximum atomic E-state index is 10.1. The lowest BCUT2D eigenvalue weighted by Gasteiger charge is -2.18. The van der Waals surface area contributed by atoms with Gasteiger partial charge in [-0.1, -0.05) is 0 Å². The van der Waals surface area contributed by atoms with E-state index >= 15 is 0 Å². The van der Waals surface area contributed by atoms with E-state index in [1.165, 1.54) is 0 Å². The molecule has 1 N–H and O–H groups in total. The monoisotopic (exact) mass is 204 g/mol. The number of carboxylic acid groups (broad SMARTS) is 1. The third kappa shape index (κ3) is 9.44. The molecule has 0 heterocycles. The molecule has 0 amide bonds. The minimum atomic E-state index is -0.916. The third-order valence-electron chi connectivity index (χ3n) is 1.77. The van der Waals surface area contributed by atoms with Gasteiger partial charge in [-0.3, -0.25) is 0 Å². The first-order valence-corrected chi connectivity index (χ1v) is 4.65. The smallest absolute Gasteiger partial charge is 0.329 e. The first-order chi connectivity index (χ1) is 6.52. The Morgan fingerprint density at radius 1 is 1.21 bits per heavy atom. The van der Waals surface area contributed by atoms with E-state index in [0.29, 0.717) is 6.61 Å². The van der Waals surface area contributed by atoms with E-state index in [4.69, 9.17) is 9.84 Å². The van der Waals surface area contributed by atoms with E-state index in [1.807, 2.05) is 21.1 Å². The van der Waals surface area contributed by atoms with Crippen LogP contribution in [0, 0.1) is 0 Å². The van der Waals surface area contributed by atoms with Crippen molar-refractivity contribution in [1.29, 1.82) is 0 Å². The van der Waals surface area contributed by atoms with E-state index in [-0.39, 0.29) is 6.61 Å². The lowest BCUT2D eigenvalue weighted by molar-refractivity contribution is -0.142. The number of hydrogen-bond donors (Lipinski definition) is 1. The van der Waals surface area contributed by atoms with E-state index in [1.54, 1.807) is 0 Å². The van der Waals surface area contributed by atoms with Crippen LogP contribution in [0.1, 0.15) is 0 Å². The van der Waals surface area contributed by atoms with Crippen LogP contribution in [0.2, 0.25) is 0 Å². The average molecular weight is 204 g/mol. The molecule has 84 valence electrons. The van der Waals surface area contributed by atoms with Gasteiger partial charge in [0.25, 0.3) is 0 Å². The first-order valence-electron chi connectivity index (χ1n) is 4.65. The van der Waals surface area contributed by atoms with Crippen molar-refractivity contribution in [3.05, 3.63) is 0 Å². The van der Waals surface area contributed by atoms with Crippen molar-refractivity contribution in [1.82, 2.24) is 9.80 Å². The Labute approximate surface area is 85.2 Å². The van der Waals surface area contributed by atoms with Crippen LogP contribution in [-0.2, 0) is 9.53 Å². The van der Waals surface area contributed by atoms with Crippen LogP contribution in [-0.4, -0.2) is 74.9 Å². The van der Waals surface area contributed by atoms with Gasteiger partial charge in [0.05, 0.1) is 6.61 Å². The summed E-state index contributed by atoms with van der Waals surface area (Å²) in [4.78, 5) is 14.3. The highest BCUT2D eigenvalue weighted by atomic mass is 16.5. The summed E-state index contributed by atoms with van der Waals surface area (Å²) in [5.41, 5.74) is 0. The van der Waals surface area contributed by atoms with E-state index in [2.05, 4.69) is 9.80 Å². The maximum Gasteiger partial charge on any atom is 0.329 e. The largest absolute Gasteiger partial charge is 0.480 e. The highest BCUT2D eigenvalue weighted by Crippen LogP contribution is 1.85. The van der Waals surface area contributed by atoms with Gasteiger partial charge in [-0.2, -0.15) is 0 Å². The number of rotatable bonds is 8. The van der Waals surface area contributed by atoms with E-state index < -0.39 is 5.97 Å². The zero-order valence-corrected chi connectivity index (χ0v) is 9.19. The van der Waals surface area contributed by atoms with Crippen LogP contribution in [0.3, 0.4) is 0 Å². The molecule has 5 heteroatoms. The molecule has 0 rings (SSSR count). The molecule has 14 heavy (non-hydrogen) atoms. The molecule has 0 aromatic heterocycles. The van der Waals surface area contributed by atoms with Crippen molar-refractivity contribution in [3.63, 3.8) is 0 Å². The van der Waals surface area contributed by atoms with Crippen LogP contribution in [0.4, 0.5) is 0 Å². The third-order valence-corrected chi connectivity index (χ3v) is 1.77. The summed E-state index contributed by atoms with van der Waals surface area (Å²) in [5.74, 6) is -0.916. The van der Waals surface area contributed by atoms with E-state index in [0.717, 1.165) is 19.6 Å². The Kier molecular flexibility index (Phi) is 7.37. The Bertz CT molecular complexity index is 162. The van der Waals surface area contributed by atoms with Crippen molar-refractivity contribution < 1.29 is 14.6 Å². The Morgan fingerprint density at radius 2 is 1.86 bits per heavy atom. The summed E-state index contributed by atoms with van der Waals surface area (Å²) < 4.78 is 4.92. The number of carboxylic acids is 1. The van der Waals surface area contributed by atoms with Crippen LogP contribution < -0.4 is 0 Å². The summed E-state index contributed by atoms with van der Waals surface area (Å²) in [5, 5.41) is 8.31. The number of likely N-dealkylation sites (N-methyl/N-ethyl adjacent to an activating group) is 2. The molecular weight excluding hydrogens is 184 g/mol. The highest BCUT2D eigenvalue weighted by Gasteiger charge is 2.00. The second kappa shape index (κ2) is 7.73. The van der Waals surface area contributed by atoms with Gasteiger partial charge in [0.1, 0.15) is 6.61 Å². The van der Waals surface area contributed by atoms with Crippen LogP contribution >= 0.6 is 0 Å². The fourth-order valence-electron chi connectivity index (χ4n) is 0.862. The Hall–Kier alpha value is -0.650. The van der Waals surface area contributed by atoms with Crippen molar-refractivity contribution >= 4 is 5.97 Å². The molecule has 0 aromatic rings. The predicted octanol–water partition coefficient (Wildman–Crippen LogP) is -0.419. The van der Waals surface area contributed by atoms with Crippen LogP contribution in [0.25, 0.3) is 0 Å². The minimum absolute atomic E-state index is 0.207. The SMILES string of the molecule is CN(C)CCN(C)CCOCC(=O)O. The fraction of sp³-hybridized carbons (Fsp3) is 0.889. The highest BCUT2D eigenvalue weighted by molar-refractivity contribution is 5.67. The van der Waals surface area contributed by atoms with Crippen LogP contribution in [0.5, 0.6) is 0 Å². The fourth-order valence-corrected chi connectivity index (χ4v) is 0.862. The van der Waals surface area contributed by atoms with Gasteiger partial charge in [-0.05, 0) is 21.1 Å². The maximum absolute atomic E-state index is 10.1. The van der Waals surface area contributed by atoms with Gasteiger partial charge in [-0.25, -0.2) is 4.79 Å². The average Bonchev–Trinajstić information content (AvgIpc) is 2.08. The molecule has 0 saturated heterocycles. The van der Waals surface area contributed by atoms with Gasteiger partial charge in [-0.15, -0.1) is 0 Å².